The molecule has 1 atom stereocenters. The summed E-state index contributed by atoms with van der Waals surface area (Å²) in [5.41, 5.74) is 1.85. The van der Waals surface area contributed by atoms with E-state index in [4.69, 9.17) is 0 Å². The van der Waals surface area contributed by atoms with Gasteiger partial charge in [-0.25, -0.2) is 9.97 Å². The lowest BCUT2D eigenvalue weighted by Gasteiger charge is -2.14. The number of carboxylic acid groups (broad SMARTS) is 1. The first kappa shape index (κ1) is 16.6. The highest BCUT2D eigenvalue weighted by Gasteiger charge is 2.20. The topological polar surface area (TPSA) is 92.2 Å². The molecule has 6 heteroatoms. The minimum Gasteiger partial charge on any atom is -0.481 e. The molecule has 0 aliphatic heterocycles. The fraction of sp³-hybridized carbons (Fsp3) is 0.294. The van der Waals surface area contributed by atoms with Gasteiger partial charge in [-0.2, -0.15) is 0 Å². The number of benzene rings is 1. The van der Waals surface area contributed by atoms with Crippen molar-refractivity contribution in [1.82, 2.24) is 15.3 Å². The van der Waals surface area contributed by atoms with Crippen molar-refractivity contribution in [1.29, 1.82) is 0 Å². The maximum absolute atomic E-state index is 12.2. The van der Waals surface area contributed by atoms with Crippen molar-refractivity contribution in [2.45, 2.75) is 20.3 Å². The van der Waals surface area contributed by atoms with Gasteiger partial charge in [0.25, 0.3) is 5.91 Å². The lowest BCUT2D eigenvalue weighted by Crippen LogP contribution is -2.34. The molecule has 2 aromatic rings. The molecule has 2 N–H and O–H groups in total. The highest BCUT2D eigenvalue weighted by atomic mass is 16.4. The summed E-state index contributed by atoms with van der Waals surface area (Å²) in [6.45, 7) is 3.52. The van der Waals surface area contributed by atoms with Crippen molar-refractivity contribution < 1.29 is 14.7 Å². The molecular weight excluding hydrogens is 294 g/mol. The van der Waals surface area contributed by atoms with Crippen molar-refractivity contribution in [2.75, 3.05) is 6.54 Å². The van der Waals surface area contributed by atoms with Crippen molar-refractivity contribution >= 4 is 11.9 Å². The zero-order valence-corrected chi connectivity index (χ0v) is 13.1. The highest BCUT2D eigenvalue weighted by molar-refractivity contribution is 5.95. The fourth-order valence-electron chi connectivity index (χ4n) is 2.26. The fourth-order valence-corrected chi connectivity index (χ4v) is 2.26. The normalized spacial score (nSPS) is 11.7. The number of amides is 1. The Hall–Kier alpha value is -2.76. The van der Waals surface area contributed by atoms with Crippen LogP contribution in [0.5, 0.6) is 0 Å². The Morgan fingerprint density at radius 1 is 1.22 bits per heavy atom. The summed E-state index contributed by atoms with van der Waals surface area (Å²) in [5, 5.41) is 12.0. The molecule has 1 aromatic carbocycles. The number of rotatable bonds is 6. The van der Waals surface area contributed by atoms with Gasteiger partial charge in [-0.3, -0.25) is 9.59 Å². The monoisotopic (exact) mass is 313 g/mol. The largest absolute Gasteiger partial charge is 0.481 e. The predicted octanol–water partition coefficient (Wildman–Crippen LogP) is 1.77. The SMILES string of the molecule is Cc1ncc(C(=O)NCC(Cc2ccccc2)C(=O)O)c(C)n1. The Morgan fingerprint density at radius 2 is 1.91 bits per heavy atom. The quantitative estimate of drug-likeness (QED) is 0.848. The molecule has 0 spiro atoms. The molecule has 1 aromatic heterocycles. The molecular formula is C17H19N3O3. The molecule has 0 saturated carbocycles. The van der Waals surface area contributed by atoms with E-state index in [9.17, 15) is 14.7 Å². The summed E-state index contributed by atoms with van der Waals surface area (Å²) in [7, 11) is 0. The Morgan fingerprint density at radius 3 is 2.52 bits per heavy atom. The number of nitrogens with zero attached hydrogens (tertiary/aromatic N) is 2. The van der Waals surface area contributed by atoms with Gasteiger partial charge in [0.15, 0.2) is 0 Å². The first-order valence-corrected chi connectivity index (χ1v) is 7.32. The van der Waals surface area contributed by atoms with Gasteiger partial charge in [0, 0.05) is 12.7 Å². The van der Waals surface area contributed by atoms with E-state index < -0.39 is 11.9 Å². The van der Waals surface area contributed by atoms with Crippen LogP contribution >= 0.6 is 0 Å². The molecule has 0 radical (unpaired) electrons. The van der Waals surface area contributed by atoms with Crippen molar-refractivity contribution in [2.24, 2.45) is 5.92 Å². The van der Waals surface area contributed by atoms with Crippen LogP contribution in [0.2, 0.25) is 0 Å². The molecule has 2 rings (SSSR count). The summed E-state index contributed by atoms with van der Waals surface area (Å²) in [5.74, 6) is -1.40. The number of carbonyl (C=O) groups is 2. The molecule has 1 amide bonds. The van der Waals surface area contributed by atoms with Crippen LogP contribution in [-0.4, -0.2) is 33.5 Å². The van der Waals surface area contributed by atoms with Crippen LogP contribution in [-0.2, 0) is 11.2 Å². The second-order valence-electron chi connectivity index (χ2n) is 5.35. The minimum absolute atomic E-state index is 0.0520. The summed E-state index contributed by atoms with van der Waals surface area (Å²) >= 11 is 0. The van der Waals surface area contributed by atoms with Crippen LogP contribution in [0.15, 0.2) is 36.5 Å². The lowest BCUT2D eigenvalue weighted by molar-refractivity contribution is -0.141. The van der Waals surface area contributed by atoms with E-state index in [0.717, 1.165) is 5.56 Å². The third-order valence-corrected chi connectivity index (χ3v) is 3.53. The number of carbonyl (C=O) groups excluding carboxylic acids is 1. The van der Waals surface area contributed by atoms with Crippen LogP contribution < -0.4 is 5.32 Å². The standard InChI is InChI=1S/C17H19N3O3/c1-11-15(10-18-12(2)20-11)16(21)19-9-14(17(22)23)8-13-6-4-3-5-7-13/h3-7,10,14H,8-9H2,1-2H3,(H,19,21)(H,22,23). The van der Waals surface area contributed by atoms with E-state index in [2.05, 4.69) is 15.3 Å². The maximum atomic E-state index is 12.2. The van der Waals surface area contributed by atoms with Gasteiger partial charge < -0.3 is 10.4 Å². The summed E-state index contributed by atoms with van der Waals surface area (Å²) in [4.78, 5) is 31.7. The predicted molar refractivity (Wildman–Crippen MR) is 85.1 cm³/mol. The third kappa shape index (κ3) is 4.60. The Labute approximate surface area is 134 Å². The molecule has 0 aliphatic carbocycles. The molecule has 23 heavy (non-hydrogen) atoms. The van der Waals surface area contributed by atoms with Gasteiger partial charge in [0.2, 0.25) is 0 Å². The van der Waals surface area contributed by atoms with E-state index in [1.165, 1.54) is 6.20 Å². The first-order valence-electron chi connectivity index (χ1n) is 7.32. The Kier molecular flexibility index (Phi) is 5.41. The van der Waals surface area contributed by atoms with Gasteiger partial charge in [0.05, 0.1) is 17.2 Å². The number of carboxylic acids is 1. The minimum atomic E-state index is -0.939. The second kappa shape index (κ2) is 7.49. The van der Waals surface area contributed by atoms with Crippen LogP contribution in [0.1, 0.15) is 27.4 Å². The smallest absolute Gasteiger partial charge is 0.308 e. The molecule has 0 saturated heterocycles. The summed E-state index contributed by atoms with van der Waals surface area (Å²) in [6.07, 6.45) is 1.82. The van der Waals surface area contributed by atoms with Crippen molar-refractivity contribution in [3.8, 4) is 0 Å². The Bertz CT molecular complexity index is 701. The number of hydrogen-bond donors (Lipinski definition) is 2. The van der Waals surface area contributed by atoms with E-state index in [1.807, 2.05) is 30.3 Å². The second-order valence-corrected chi connectivity index (χ2v) is 5.35. The Balaban J connectivity index is 2.01. The van der Waals surface area contributed by atoms with Crippen LogP contribution in [0.3, 0.4) is 0 Å². The molecule has 1 heterocycles. The average molecular weight is 313 g/mol. The summed E-state index contributed by atoms with van der Waals surface area (Å²) in [6, 6.07) is 9.34. The van der Waals surface area contributed by atoms with Gasteiger partial charge in [-0.1, -0.05) is 30.3 Å². The highest BCUT2D eigenvalue weighted by Crippen LogP contribution is 2.09. The number of nitrogens with one attached hydrogen (secondary N) is 1. The van der Waals surface area contributed by atoms with E-state index in [1.54, 1.807) is 13.8 Å². The molecule has 120 valence electrons. The third-order valence-electron chi connectivity index (χ3n) is 3.53. The molecule has 0 fully saturated rings. The number of aromatic nitrogens is 2. The molecule has 6 nitrogen and oxygen atoms in total. The number of aryl methyl sites for hydroxylation is 2. The van der Waals surface area contributed by atoms with E-state index in [-0.39, 0.29) is 12.5 Å². The van der Waals surface area contributed by atoms with Crippen molar-refractivity contribution in [3.63, 3.8) is 0 Å². The van der Waals surface area contributed by atoms with Gasteiger partial charge in [0.1, 0.15) is 5.82 Å². The molecule has 0 aliphatic rings. The number of hydrogen-bond acceptors (Lipinski definition) is 4. The van der Waals surface area contributed by atoms with E-state index >= 15 is 0 Å². The van der Waals surface area contributed by atoms with E-state index in [0.29, 0.717) is 23.5 Å². The number of aliphatic carboxylic acids is 1. The zero-order chi connectivity index (χ0) is 16.8. The van der Waals surface area contributed by atoms with Gasteiger partial charge >= 0.3 is 5.97 Å². The average Bonchev–Trinajstić information content (AvgIpc) is 2.51. The van der Waals surface area contributed by atoms with Crippen LogP contribution in [0.4, 0.5) is 0 Å². The van der Waals surface area contributed by atoms with Gasteiger partial charge in [-0.15, -0.1) is 0 Å². The van der Waals surface area contributed by atoms with Crippen LogP contribution in [0, 0.1) is 19.8 Å². The molecule has 0 bridgehead atoms. The van der Waals surface area contributed by atoms with Gasteiger partial charge in [-0.05, 0) is 25.8 Å². The maximum Gasteiger partial charge on any atom is 0.308 e. The lowest BCUT2D eigenvalue weighted by atomic mass is 9.99. The summed E-state index contributed by atoms with van der Waals surface area (Å²) < 4.78 is 0. The van der Waals surface area contributed by atoms with Crippen molar-refractivity contribution in [3.05, 3.63) is 59.2 Å². The van der Waals surface area contributed by atoms with Crippen LogP contribution in [0.25, 0.3) is 0 Å². The first-order chi connectivity index (χ1) is 11.0. The molecule has 1 unspecified atom stereocenters. The zero-order valence-electron chi connectivity index (χ0n) is 13.1.